The molecule has 0 saturated carbocycles. The molecule has 0 aliphatic carbocycles. The van der Waals surface area contributed by atoms with Gasteiger partial charge in [0.25, 0.3) is 5.56 Å². The summed E-state index contributed by atoms with van der Waals surface area (Å²) < 4.78 is 3.14. The van der Waals surface area contributed by atoms with E-state index < -0.39 is 17.2 Å². The third-order valence-corrected chi connectivity index (χ3v) is 5.59. The van der Waals surface area contributed by atoms with Gasteiger partial charge in [0.2, 0.25) is 5.91 Å². The maximum Gasteiger partial charge on any atom is 0.333 e. The second-order valence-electron chi connectivity index (χ2n) is 6.78. The number of pyridine rings is 1. The molecule has 0 radical (unpaired) electrons. The minimum Gasteiger partial charge on any atom is -0.325 e. The Hall–Kier alpha value is -3.23. The second-order valence-corrected chi connectivity index (χ2v) is 8.10. The Labute approximate surface area is 190 Å². The molecule has 0 atom stereocenters. The molecule has 0 spiro atoms. The first-order chi connectivity index (χ1) is 14.9. The van der Waals surface area contributed by atoms with Gasteiger partial charge in [0, 0.05) is 21.4 Å². The molecule has 2 aromatic heterocycles. The van der Waals surface area contributed by atoms with Crippen LogP contribution in [0.15, 0.2) is 80.9 Å². The number of aromatic nitrogens is 3. The van der Waals surface area contributed by atoms with Gasteiger partial charge in [-0.05, 0) is 48.0 Å². The maximum absolute atomic E-state index is 13.2. The number of halogens is 2. The van der Waals surface area contributed by atoms with Crippen LogP contribution in [0, 0.1) is 0 Å². The molecule has 4 rings (SSSR count). The summed E-state index contributed by atoms with van der Waals surface area (Å²) in [4.78, 5) is 43.0. The van der Waals surface area contributed by atoms with Crippen LogP contribution in [0.1, 0.15) is 5.56 Å². The molecular weight excluding hydrogens is 484 g/mol. The molecule has 4 aromatic rings. The number of nitrogens with one attached hydrogen (secondary N) is 1. The molecule has 1 amide bonds. The van der Waals surface area contributed by atoms with Crippen LogP contribution in [0.5, 0.6) is 0 Å². The highest BCUT2D eigenvalue weighted by atomic mass is 79.9. The Balaban J connectivity index is 1.76. The Bertz CT molecular complexity index is 1400. The van der Waals surface area contributed by atoms with Gasteiger partial charge >= 0.3 is 5.69 Å². The van der Waals surface area contributed by atoms with Crippen LogP contribution >= 0.6 is 27.5 Å². The van der Waals surface area contributed by atoms with Crippen LogP contribution in [0.3, 0.4) is 0 Å². The van der Waals surface area contributed by atoms with Crippen molar-refractivity contribution < 1.29 is 4.79 Å². The zero-order chi connectivity index (χ0) is 22.0. The van der Waals surface area contributed by atoms with E-state index in [2.05, 4.69) is 26.2 Å². The van der Waals surface area contributed by atoms with E-state index in [1.807, 2.05) is 0 Å². The SMILES string of the molecule is O=C(Cn1c(=O)n(Cc2ccccc2Cl)c(=O)c2cccnc21)Nc1ccc(Br)cc1. The molecule has 0 saturated heterocycles. The highest BCUT2D eigenvalue weighted by molar-refractivity contribution is 9.10. The third-order valence-electron chi connectivity index (χ3n) is 4.70. The van der Waals surface area contributed by atoms with Crippen LogP contribution in [-0.4, -0.2) is 20.0 Å². The number of benzene rings is 2. The summed E-state index contributed by atoms with van der Waals surface area (Å²) in [7, 11) is 0. The lowest BCUT2D eigenvalue weighted by Gasteiger charge is -2.14. The number of anilines is 1. The molecule has 9 heteroatoms. The molecule has 7 nitrogen and oxygen atoms in total. The van der Waals surface area contributed by atoms with Crippen molar-refractivity contribution in [3.05, 3.63) is 103 Å². The van der Waals surface area contributed by atoms with Crippen LogP contribution in [0.25, 0.3) is 11.0 Å². The molecule has 0 aliphatic heterocycles. The predicted molar refractivity (Wildman–Crippen MR) is 124 cm³/mol. The van der Waals surface area contributed by atoms with Crippen molar-refractivity contribution in [1.29, 1.82) is 0 Å². The van der Waals surface area contributed by atoms with Crippen molar-refractivity contribution in [2.24, 2.45) is 0 Å². The Kier molecular flexibility index (Phi) is 6.01. The van der Waals surface area contributed by atoms with Gasteiger partial charge in [-0.1, -0.05) is 45.7 Å². The van der Waals surface area contributed by atoms with E-state index in [4.69, 9.17) is 11.6 Å². The normalized spacial score (nSPS) is 10.9. The van der Waals surface area contributed by atoms with Crippen molar-refractivity contribution in [3.8, 4) is 0 Å². The fraction of sp³-hybridized carbons (Fsp3) is 0.0909. The predicted octanol–water partition coefficient (Wildman–Crippen LogP) is 3.66. The summed E-state index contributed by atoms with van der Waals surface area (Å²) in [6, 6.07) is 17.2. The van der Waals surface area contributed by atoms with Gasteiger partial charge < -0.3 is 5.32 Å². The van der Waals surface area contributed by atoms with Gasteiger partial charge in [-0.25, -0.2) is 9.78 Å². The molecule has 0 bridgehead atoms. The molecule has 0 aliphatic rings. The van der Waals surface area contributed by atoms with Gasteiger partial charge in [-0.3, -0.25) is 18.7 Å². The van der Waals surface area contributed by atoms with E-state index in [9.17, 15) is 14.4 Å². The lowest BCUT2D eigenvalue weighted by Crippen LogP contribution is -2.42. The second kappa shape index (κ2) is 8.87. The van der Waals surface area contributed by atoms with E-state index in [1.54, 1.807) is 60.7 Å². The number of carbonyl (C=O) groups is 1. The molecule has 2 aromatic carbocycles. The highest BCUT2D eigenvalue weighted by Gasteiger charge is 2.17. The molecule has 0 fully saturated rings. The standard InChI is InChI=1S/C22H16BrClN4O3/c23-15-7-9-16(10-8-15)26-19(29)13-27-20-17(5-3-11-25-20)21(30)28(22(27)31)12-14-4-1-2-6-18(14)24/h1-11H,12-13H2,(H,26,29). The van der Waals surface area contributed by atoms with E-state index in [0.29, 0.717) is 16.3 Å². The van der Waals surface area contributed by atoms with Crippen LogP contribution < -0.4 is 16.6 Å². The zero-order valence-corrected chi connectivity index (χ0v) is 18.4. The number of rotatable bonds is 5. The number of nitrogens with zero attached hydrogens (tertiary/aromatic N) is 3. The van der Waals surface area contributed by atoms with Crippen molar-refractivity contribution in [2.45, 2.75) is 13.1 Å². The van der Waals surface area contributed by atoms with Gasteiger partial charge in [-0.2, -0.15) is 0 Å². The summed E-state index contributed by atoms with van der Waals surface area (Å²) in [6.45, 7) is -0.318. The molecule has 0 unspecified atom stereocenters. The smallest absolute Gasteiger partial charge is 0.325 e. The number of hydrogen-bond donors (Lipinski definition) is 1. The minimum absolute atomic E-state index is 0.0174. The van der Waals surface area contributed by atoms with Crippen LogP contribution in [0.2, 0.25) is 5.02 Å². The molecule has 156 valence electrons. The van der Waals surface area contributed by atoms with Gasteiger partial charge in [0.05, 0.1) is 11.9 Å². The summed E-state index contributed by atoms with van der Waals surface area (Å²) in [6.07, 6.45) is 1.47. The highest BCUT2D eigenvalue weighted by Crippen LogP contribution is 2.16. The van der Waals surface area contributed by atoms with Crippen molar-refractivity contribution in [3.63, 3.8) is 0 Å². The van der Waals surface area contributed by atoms with Crippen LogP contribution in [0.4, 0.5) is 5.69 Å². The molecular formula is C22H16BrClN4O3. The maximum atomic E-state index is 13.2. The monoisotopic (exact) mass is 498 g/mol. The van der Waals surface area contributed by atoms with Crippen LogP contribution in [-0.2, 0) is 17.9 Å². The van der Waals surface area contributed by atoms with Gasteiger partial charge in [0.1, 0.15) is 12.2 Å². The topological polar surface area (TPSA) is 86.0 Å². The van der Waals surface area contributed by atoms with E-state index in [-0.39, 0.29) is 24.1 Å². The summed E-state index contributed by atoms with van der Waals surface area (Å²) >= 11 is 9.56. The van der Waals surface area contributed by atoms with Crippen molar-refractivity contribution in [1.82, 2.24) is 14.1 Å². The summed E-state index contributed by atoms with van der Waals surface area (Å²) in [5.41, 5.74) is 0.235. The fourth-order valence-corrected chi connectivity index (χ4v) is 3.66. The first-order valence-electron chi connectivity index (χ1n) is 9.31. The minimum atomic E-state index is -0.637. The largest absolute Gasteiger partial charge is 0.333 e. The quantitative estimate of drug-likeness (QED) is 0.454. The first kappa shape index (κ1) is 21.0. The van der Waals surface area contributed by atoms with Crippen molar-refractivity contribution in [2.75, 3.05) is 5.32 Å². The first-order valence-corrected chi connectivity index (χ1v) is 10.5. The number of amides is 1. The molecule has 2 heterocycles. The number of carbonyl (C=O) groups excluding carboxylic acids is 1. The summed E-state index contributed by atoms with van der Waals surface area (Å²) in [5, 5.41) is 3.43. The van der Waals surface area contributed by atoms with Gasteiger partial charge in [0.15, 0.2) is 0 Å². The Morgan fingerprint density at radius 3 is 2.48 bits per heavy atom. The Morgan fingerprint density at radius 2 is 1.74 bits per heavy atom. The van der Waals surface area contributed by atoms with Crippen molar-refractivity contribution >= 4 is 50.2 Å². The van der Waals surface area contributed by atoms with E-state index in [0.717, 1.165) is 9.04 Å². The number of fused-ring (bicyclic) bond motifs is 1. The van der Waals surface area contributed by atoms with E-state index >= 15 is 0 Å². The third kappa shape index (κ3) is 4.45. The lowest BCUT2D eigenvalue weighted by atomic mass is 10.2. The average Bonchev–Trinajstić information content (AvgIpc) is 2.77. The molecule has 31 heavy (non-hydrogen) atoms. The number of hydrogen-bond acceptors (Lipinski definition) is 4. The fourth-order valence-electron chi connectivity index (χ4n) is 3.20. The zero-order valence-electron chi connectivity index (χ0n) is 16.1. The average molecular weight is 500 g/mol. The lowest BCUT2D eigenvalue weighted by molar-refractivity contribution is -0.116. The Morgan fingerprint density at radius 1 is 1.00 bits per heavy atom. The summed E-state index contributed by atoms with van der Waals surface area (Å²) in [5.74, 6) is -0.417. The molecule has 1 N–H and O–H groups in total. The van der Waals surface area contributed by atoms with E-state index in [1.165, 1.54) is 10.8 Å². The van der Waals surface area contributed by atoms with Gasteiger partial charge in [-0.15, -0.1) is 0 Å².